The van der Waals surface area contributed by atoms with Crippen molar-refractivity contribution in [2.75, 3.05) is 14.1 Å². The fraction of sp³-hybridized carbons (Fsp3) is 0.364. The molecule has 0 atom stereocenters. The molecule has 0 radical (unpaired) electrons. The van der Waals surface area contributed by atoms with Crippen molar-refractivity contribution in [3.05, 3.63) is 28.8 Å². The maximum absolute atomic E-state index is 4.57. The van der Waals surface area contributed by atoms with Crippen LogP contribution in [-0.2, 0) is 6.54 Å². The molecule has 0 bridgehead atoms. The summed E-state index contributed by atoms with van der Waals surface area (Å²) in [5.41, 5.74) is 2.43. The molecule has 0 amide bonds. The lowest BCUT2D eigenvalue weighted by molar-refractivity contribution is 0.402. The van der Waals surface area contributed by atoms with Crippen LogP contribution in [0, 0.1) is 6.92 Å². The van der Waals surface area contributed by atoms with E-state index in [-0.39, 0.29) is 0 Å². The Hall–Kier alpha value is -0.930. The molecule has 3 heteroatoms. The standard InChI is InChI=1S/C11H14N2S/c1-8-4-5-9-10(6-8)14-11(12-9)7-13(2)3/h4-6H,7H2,1-3H3. The van der Waals surface area contributed by atoms with Crippen LogP contribution in [0.1, 0.15) is 10.6 Å². The highest BCUT2D eigenvalue weighted by atomic mass is 32.1. The summed E-state index contributed by atoms with van der Waals surface area (Å²) in [6.07, 6.45) is 0. The third-order valence-corrected chi connectivity index (χ3v) is 3.04. The van der Waals surface area contributed by atoms with Crippen LogP contribution in [0.2, 0.25) is 0 Å². The minimum absolute atomic E-state index is 0.929. The average Bonchev–Trinajstić information content (AvgIpc) is 2.44. The van der Waals surface area contributed by atoms with Gasteiger partial charge in [-0.2, -0.15) is 0 Å². The average molecular weight is 206 g/mol. The first-order valence-electron chi connectivity index (χ1n) is 4.66. The Balaban J connectivity index is 2.41. The highest BCUT2D eigenvalue weighted by Crippen LogP contribution is 2.23. The van der Waals surface area contributed by atoms with Crippen LogP contribution in [0.25, 0.3) is 10.2 Å². The molecular formula is C11H14N2S. The molecule has 0 unspecified atom stereocenters. The quantitative estimate of drug-likeness (QED) is 0.751. The Labute approximate surface area is 88.2 Å². The van der Waals surface area contributed by atoms with Gasteiger partial charge in [-0.25, -0.2) is 4.98 Å². The molecule has 0 aliphatic carbocycles. The number of aryl methyl sites for hydroxylation is 1. The van der Waals surface area contributed by atoms with Crippen LogP contribution in [0.15, 0.2) is 18.2 Å². The van der Waals surface area contributed by atoms with Gasteiger partial charge in [0, 0.05) is 6.54 Å². The SMILES string of the molecule is Cc1ccc2nc(CN(C)C)sc2c1. The predicted molar refractivity (Wildman–Crippen MR) is 61.7 cm³/mol. The van der Waals surface area contributed by atoms with E-state index in [1.165, 1.54) is 15.3 Å². The molecule has 2 nitrogen and oxygen atoms in total. The van der Waals surface area contributed by atoms with E-state index < -0.39 is 0 Å². The molecule has 0 N–H and O–H groups in total. The summed E-state index contributed by atoms with van der Waals surface area (Å²) in [7, 11) is 4.13. The van der Waals surface area contributed by atoms with Crippen LogP contribution in [0.5, 0.6) is 0 Å². The van der Waals surface area contributed by atoms with Crippen LogP contribution < -0.4 is 0 Å². The summed E-state index contributed by atoms with van der Waals surface area (Å²) in [6, 6.07) is 6.41. The number of hydrogen-bond acceptors (Lipinski definition) is 3. The molecule has 0 aliphatic heterocycles. The second-order valence-electron chi connectivity index (χ2n) is 3.82. The van der Waals surface area contributed by atoms with Gasteiger partial charge in [-0.05, 0) is 38.7 Å². The van der Waals surface area contributed by atoms with Crippen LogP contribution in [0.4, 0.5) is 0 Å². The number of rotatable bonds is 2. The topological polar surface area (TPSA) is 16.1 Å². The van der Waals surface area contributed by atoms with E-state index >= 15 is 0 Å². The molecule has 1 aromatic heterocycles. The molecule has 0 saturated heterocycles. The van der Waals surface area contributed by atoms with Crippen molar-refractivity contribution in [1.82, 2.24) is 9.88 Å². The lowest BCUT2D eigenvalue weighted by Gasteiger charge is -2.04. The summed E-state index contributed by atoms with van der Waals surface area (Å²) in [5, 5.41) is 1.19. The van der Waals surface area contributed by atoms with Crippen molar-refractivity contribution in [1.29, 1.82) is 0 Å². The van der Waals surface area contributed by atoms with E-state index in [9.17, 15) is 0 Å². The molecular weight excluding hydrogens is 192 g/mol. The van der Waals surface area contributed by atoms with E-state index in [1.54, 1.807) is 11.3 Å². The van der Waals surface area contributed by atoms with Gasteiger partial charge in [-0.15, -0.1) is 11.3 Å². The fourth-order valence-electron chi connectivity index (χ4n) is 1.42. The zero-order valence-electron chi connectivity index (χ0n) is 8.74. The first-order valence-corrected chi connectivity index (χ1v) is 5.47. The molecule has 1 aromatic carbocycles. The summed E-state index contributed by atoms with van der Waals surface area (Å²) >= 11 is 1.79. The molecule has 0 saturated carbocycles. The zero-order chi connectivity index (χ0) is 10.1. The van der Waals surface area contributed by atoms with Crippen molar-refractivity contribution in [3.63, 3.8) is 0 Å². The van der Waals surface area contributed by atoms with Gasteiger partial charge in [0.15, 0.2) is 0 Å². The lowest BCUT2D eigenvalue weighted by atomic mass is 10.2. The van der Waals surface area contributed by atoms with Gasteiger partial charge in [0.25, 0.3) is 0 Å². The minimum atomic E-state index is 0.929. The molecule has 0 aliphatic rings. The number of nitrogens with zero attached hydrogens (tertiary/aromatic N) is 2. The Morgan fingerprint density at radius 3 is 2.86 bits per heavy atom. The summed E-state index contributed by atoms with van der Waals surface area (Å²) < 4.78 is 1.29. The predicted octanol–water partition coefficient (Wildman–Crippen LogP) is 2.67. The first-order chi connectivity index (χ1) is 6.65. The van der Waals surface area contributed by atoms with Crippen LogP contribution in [0.3, 0.4) is 0 Å². The van der Waals surface area contributed by atoms with Crippen molar-refractivity contribution < 1.29 is 0 Å². The Kier molecular flexibility index (Phi) is 2.52. The Morgan fingerprint density at radius 2 is 2.14 bits per heavy atom. The summed E-state index contributed by atoms with van der Waals surface area (Å²) in [5.74, 6) is 0. The highest BCUT2D eigenvalue weighted by Gasteiger charge is 2.04. The monoisotopic (exact) mass is 206 g/mol. The van der Waals surface area contributed by atoms with E-state index in [1.807, 2.05) is 0 Å². The van der Waals surface area contributed by atoms with Gasteiger partial charge in [-0.1, -0.05) is 6.07 Å². The summed E-state index contributed by atoms with van der Waals surface area (Å²) in [4.78, 5) is 6.71. The Morgan fingerprint density at radius 1 is 1.36 bits per heavy atom. The number of benzene rings is 1. The van der Waals surface area contributed by atoms with Crippen molar-refractivity contribution in [2.24, 2.45) is 0 Å². The van der Waals surface area contributed by atoms with Gasteiger partial charge in [0.1, 0.15) is 5.01 Å². The molecule has 74 valence electrons. The van der Waals surface area contributed by atoms with Crippen molar-refractivity contribution in [3.8, 4) is 0 Å². The second kappa shape index (κ2) is 3.67. The molecule has 2 rings (SSSR count). The van der Waals surface area contributed by atoms with Gasteiger partial charge < -0.3 is 4.90 Å². The maximum atomic E-state index is 4.57. The Bertz CT molecular complexity index is 445. The van der Waals surface area contributed by atoms with Gasteiger partial charge in [0.05, 0.1) is 10.2 Å². The van der Waals surface area contributed by atoms with E-state index in [4.69, 9.17) is 0 Å². The molecule has 0 spiro atoms. The molecule has 1 heterocycles. The van der Waals surface area contributed by atoms with Crippen LogP contribution >= 0.6 is 11.3 Å². The third kappa shape index (κ3) is 1.94. The van der Waals surface area contributed by atoms with Gasteiger partial charge >= 0.3 is 0 Å². The largest absolute Gasteiger partial charge is 0.303 e. The molecule has 0 fully saturated rings. The van der Waals surface area contributed by atoms with E-state index in [0.717, 1.165) is 12.1 Å². The molecule has 2 aromatic rings. The normalized spacial score (nSPS) is 11.4. The fourth-order valence-corrected chi connectivity index (χ4v) is 2.60. The smallest absolute Gasteiger partial charge is 0.108 e. The van der Waals surface area contributed by atoms with Crippen molar-refractivity contribution >= 4 is 21.6 Å². The number of thiazole rings is 1. The highest BCUT2D eigenvalue weighted by molar-refractivity contribution is 7.18. The van der Waals surface area contributed by atoms with Gasteiger partial charge in [-0.3, -0.25) is 0 Å². The van der Waals surface area contributed by atoms with Gasteiger partial charge in [0.2, 0.25) is 0 Å². The number of hydrogen-bond donors (Lipinski definition) is 0. The van der Waals surface area contributed by atoms with Crippen molar-refractivity contribution in [2.45, 2.75) is 13.5 Å². The number of aromatic nitrogens is 1. The van der Waals surface area contributed by atoms with Crippen LogP contribution in [-0.4, -0.2) is 24.0 Å². The first kappa shape index (κ1) is 9.62. The lowest BCUT2D eigenvalue weighted by Crippen LogP contribution is -2.09. The minimum Gasteiger partial charge on any atom is -0.303 e. The van der Waals surface area contributed by atoms with E-state index in [0.29, 0.717) is 0 Å². The van der Waals surface area contributed by atoms with E-state index in [2.05, 4.69) is 49.1 Å². The zero-order valence-corrected chi connectivity index (χ0v) is 9.56. The maximum Gasteiger partial charge on any atom is 0.108 e. The molecule has 14 heavy (non-hydrogen) atoms. The number of fused-ring (bicyclic) bond motifs is 1. The third-order valence-electron chi connectivity index (χ3n) is 2.04. The summed E-state index contributed by atoms with van der Waals surface area (Å²) in [6.45, 7) is 3.04. The second-order valence-corrected chi connectivity index (χ2v) is 4.93.